The third kappa shape index (κ3) is 3.39. The lowest BCUT2D eigenvalue weighted by Gasteiger charge is -2.34. The van der Waals surface area contributed by atoms with Gasteiger partial charge in [-0.05, 0) is 12.1 Å². The molecule has 0 radical (unpaired) electrons. The van der Waals surface area contributed by atoms with Gasteiger partial charge in [-0.2, -0.15) is 9.29 Å². The Labute approximate surface area is 139 Å². The molecule has 0 amide bonds. The van der Waals surface area contributed by atoms with Crippen molar-refractivity contribution >= 4 is 33.4 Å². The number of nitrogen functional groups attached to an aromatic ring is 1. The number of aromatic nitrogens is 2. The molecule has 0 atom stereocenters. The van der Waals surface area contributed by atoms with Crippen LogP contribution in [-0.4, -0.2) is 48.9 Å². The van der Waals surface area contributed by atoms with E-state index in [2.05, 4.69) is 9.97 Å². The molecule has 1 fully saturated rings. The van der Waals surface area contributed by atoms with Crippen LogP contribution >= 0.6 is 11.6 Å². The van der Waals surface area contributed by atoms with Crippen LogP contribution in [0, 0.1) is 0 Å². The van der Waals surface area contributed by atoms with Crippen molar-refractivity contribution in [2.45, 2.75) is 4.90 Å². The Morgan fingerprint density at radius 2 is 1.70 bits per heavy atom. The number of piperazine rings is 1. The van der Waals surface area contributed by atoms with Crippen LogP contribution in [0.4, 0.5) is 11.8 Å². The molecule has 1 aromatic carbocycles. The molecule has 3 rings (SSSR count). The third-order valence-corrected chi connectivity index (χ3v) is 5.75. The molecular formula is C14H16ClN5O2S. The topological polar surface area (TPSA) is 92.4 Å². The van der Waals surface area contributed by atoms with E-state index in [4.69, 9.17) is 17.3 Å². The maximum absolute atomic E-state index is 12.6. The van der Waals surface area contributed by atoms with Gasteiger partial charge in [-0.25, -0.2) is 13.4 Å². The molecule has 1 aromatic heterocycles. The number of anilines is 2. The van der Waals surface area contributed by atoms with E-state index in [9.17, 15) is 8.42 Å². The van der Waals surface area contributed by atoms with Gasteiger partial charge in [0.25, 0.3) is 0 Å². The van der Waals surface area contributed by atoms with Crippen LogP contribution in [-0.2, 0) is 10.0 Å². The Morgan fingerprint density at radius 3 is 2.30 bits per heavy atom. The maximum Gasteiger partial charge on any atom is 0.243 e. The molecule has 2 heterocycles. The van der Waals surface area contributed by atoms with Crippen molar-refractivity contribution in [2.24, 2.45) is 0 Å². The molecule has 9 heteroatoms. The van der Waals surface area contributed by atoms with E-state index in [0.29, 0.717) is 36.9 Å². The molecule has 0 bridgehead atoms. The van der Waals surface area contributed by atoms with Crippen molar-refractivity contribution < 1.29 is 8.42 Å². The molecule has 2 aromatic rings. The van der Waals surface area contributed by atoms with Crippen molar-refractivity contribution in [3.8, 4) is 0 Å². The zero-order valence-electron chi connectivity index (χ0n) is 12.3. The minimum Gasteiger partial charge on any atom is -0.368 e. The first kappa shape index (κ1) is 16.0. The van der Waals surface area contributed by atoms with Gasteiger partial charge in [0.05, 0.1) is 4.90 Å². The SMILES string of the molecule is Nc1nc(Cl)cc(N2CCN(S(=O)(=O)c3ccccc3)CC2)n1. The number of hydrogen-bond donors (Lipinski definition) is 1. The Kier molecular flexibility index (Phi) is 4.38. The summed E-state index contributed by atoms with van der Waals surface area (Å²) in [7, 11) is -3.46. The lowest BCUT2D eigenvalue weighted by Crippen LogP contribution is -2.49. The van der Waals surface area contributed by atoms with Crippen molar-refractivity contribution in [3.63, 3.8) is 0 Å². The van der Waals surface area contributed by atoms with Gasteiger partial charge >= 0.3 is 0 Å². The number of nitrogens with zero attached hydrogens (tertiary/aromatic N) is 4. The van der Waals surface area contributed by atoms with Crippen molar-refractivity contribution in [1.82, 2.24) is 14.3 Å². The van der Waals surface area contributed by atoms with Gasteiger partial charge < -0.3 is 10.6 Å². The lowest BCUT2D eigenvalue weighted by molar-refractivity contribution is 0.384. The number of benzene rings is 1. The largest absolute Gasteiger partial charge is 0.368 e. The average molecular weight is 354 g/mol. The van der Waals surface area contributed by atoms with Crippen LogP contribution in [0.25, 0.3) is 0 Å². The monoisotopic (exact) mass is 353 g/mol. The van der Waals surface area contributed by atoms with E-state index >= 15 is 0 Å². The fraction of sp³-hybridized carbons (Fsp3) is 0.286. The first-order valence-corrected chi connectivity index (χ1v) is 8.89. The average Bonchev–Trinajstić information content (AvgIpc) is 2.55. The fourth-order valence-corrected chi connectivity index (χ4v) is 4.11. The molecule has 1 aliphatic rings. The summed E-state index contributed by atoms with van der Waals surface area (Å²) < 4.78 is 26.6. The van der Waals surface area contributed by atoms with Crippen LogP contribution in [0.2, 0.25) is 5.15 Å². The van der Waals surface area contributed by atoms with E-state index in [0.717, 1.165) is 0 Å². The Balaban J connectivity index is 1.73. The highest BCUT2D eigenvalue weighted by molar-refractivity contribution is 7.89. The predicted octanol–water partition coefficient (Wildman–Crippen LogP) is 1.22. The summed E-state index contributed by atoms with van der Waals surface area (Å²) >= 11 is 5.89. The molecule has 122 valence electrons. The molecule has 1 saturated heterocycles. The molecule has 0 spiro atoms. The summed E-state index contributed by atoms with van der Waals surface area (Å²) in [6.07, 6.45) is 0. The maximum atomic E-state index is 12.6. The second-order valence-corrected chi connectivity index (χ2v) is 7.44. The quantitative estimate of drug-likeness (QED) is 0.834. The predicted molar refractivity (Wildman–Crippen MR) is 88.9 cm³/mol. The number of hydrogen-bond acceptors (Lipinski definition) is 6. The number of sulfonamides is 1. The summed E-state index contributed by atoms with van der Waals surface area (Å²) in [5, 5.41) is 0.270. The first-order chi connectivity index (χ1) is 11.0. The molecule has 23 heavy (non-hydrogen) atoms. The highest BCUT2D eigenvalue weighted by Gasteiger charge is 2.28. The zero-order valence-corrected chi connectivity index (χ0v) is 13.8. The van der Waals surface area contributed by atoms with Crippen molar-refractivity contribution in [1.29, 1.82) is 0 Å². The van der Waals surface area contributed by atoms with Crippen LogP contribution in [0.3, 0.4) is 0 Å². The molecular weight excluding hydrogens is 338 g/mol. The van der Waals surface area contributed by atoms with Crippen molar-refractivity contribution in [3.05, 3.63) is 41.6 Å². The molecule has 0 saturated carbocycles. The lowest BCUT2D eigenvalue weighted by atomic mass is 10.3. The molecule has 0 unspecified atom stereocenters. The van der Waals surface area contributed by atoms with Gasteiger partial charge in [0.1, 0.15) is 11.0 Å². The summed E-state index contributed by atoms with van der Waals surface area (Å²) in [6.45, 7) is 1.77. The second-order valence-electron chi connectivity index (χ2n) is 5.11. The van der Waals surface area contributed by atoms with Crippen molar-refractivity contribution in [2.75, 3.05) is 36.8 Å². The summed E-state index contributed by atoms with van der Waals surface area (Å²) in [4.78, 5) is 10.2. The molecule has 2 N–H and O–H groups in total. The second kappa shape index (κ2) is 6.31. The summed E-state index contributed by atoms with van der Waals surface area (Å²) in [5.41, 5.74) is 5.60. The van der Waals surface area contributed by atoms with Crippen LogP contribution < -0.4 is 10.6 Å². The highest BCUT2D eigenvalue weighted by atomic mass is 35.5. The van der Waals surface area contributed by atoms with Gasteiger partial charge in [-0.3, -0.25) is 0 Å². The normalized spacial score (nSPS) is 16.5. The Morgan fingerprint density at radius 1 is 1.04 bits per heavy atom. The highest BCUT2D eigenvalue weighted by Crippen LogP contribution is 2.21. The van der Waals surface area contributed by atoms with E-state index in [-0.39, 0.29) is 11.1 Å². The standard InChI is InChI=1S/C14H16ClN5O2S/c15-12-10-13(18-14(16)17-12)19-6-8-20(9-7-19)23(21,22)11-4-2-1-3-5-11/h1-5,10H,6-9H2,(H2,16,17,18). The number of nitrogens with two attached hydrogens (primary N) is 1. The Bertz CT molecular complexity index is 772. The van der Waals surface area contributed by atoms with E-state index < -0.39 is 10.0 Å². The summed E-state index contributed by atoms with van der Waals surface area (Å²) in [6, 6.07) is 10.1. The van der Waals surface area contributed by atoms with Crippen LogP contribution in [0.1, 0.15) is 0 Å². The van der Waals surface area contributed by atoms with Gasteiger partial charge in [-0.1, -0.05) is 29.8 Å². The van der Waals surface area contributed by atoms with Crippen LogP contribution in [0.15, 0.2) is 41.3 Å². The van der Waals surface area contributed by atoms with E-state index in [1.165, 1.54) is 4.31 Å². The zero-order chi connectivity index (χ0) is 16.4. The number of halogens is 1. The van der Waals surface area contributed by atoms with Gasteiger partial charge in [0.2, 0.25) is 16.0 Å². The van der Waals surface area contributed by atoms with Gasteiger partial charge in [0.15, 0.2) is 0 Å². The van der Waals surface area contributed by atoms with Crippen LogP contribution in [0.5, 0.6) is 0 Å². The molecule has 7 nitrogen and oxygen atoms in total. The molecule has 0 aliphatic carbocycles. The fourth-order valence-electron chi connectivity index (χ4n) is 2.48. The first-order valence-electron chi connectivity index (χ1n) is 7.07. The third-order valence-electron chi connectivity index (χ3n) is 3.64. The minimum atomic E-state index is -3.46. The van der Waals surface area contributed by atoms with Gasteiger partial charge in [0, 0.05) is 32.2 Å². The number of rotatable bonds is 3. The van der Waals surface area contributed by atoms with E-state index in [1.54, 1.807) is 36.4 Å². The molecule has 1 aliphatic heterocycles. The summed E-state index contributed by atoms with van der Waals surface area (Å²) in [5.74, 6) is 0.714. The van der Waals surface area contributed by atoms with Gasteiger partial charge in [-0.15, -0.1) is 0 Å². The Hall–Kier alpha value is -1.90. The minimum absolute atomic E-state index is 0.104. The smallest absolute Gasteiger partial charge is 0.243 e. The van der Waals surface area contributed by atoms with E-state index in [1.807, 2.05) is 4.90 Å².